The molecule has 138 valence electrons. The zero-order chi connectivity index (χ0) is 18.1. The highest BCUT2D eigenvalue weighted by atomic mass is 16.3. The Morgan fingerprint density at radius 1 is 1.15 bits per heavy atom. The van der Waals surface area contributed by atoms with Gasteiger partial charge in [-0.25, -0.2) is 0 Å². The molecule has 3 fully saturated rings. The summed E-state index contributed by atoms with van der Waals surface area (Å²) in [7, 11) is 0. The van der Waals surface area contributed by atoms with E-state index in [0.29, 0.717) is 17.5 Å². The van der Waals surface area contributed by atoms with Crippen molar-refractivity contribution in [3.63, 3.8) is 0 Å². The summed E-state index contributed by atoms with van der Waals surface area (Å²) < 4.78 is 0. The molecule has 2 aliphatic heterocycles. The second kappa shape index (κ2) is 6.92. The van der Waals surface area contributed by atoms with Crippen LogP contribution in [0.25, 0.3) is 0 Å². The molecule has 0 radical (unpaired) electrons. The average molecular weight is 353 g/mol. The maximum absolute atomic E-state index is 13.3. The lowest BCUT2D eigenvalue weighted by Gasteiger charge is -2.41. The standard InChI is InChI=1S/C21H27N3O2/c22-14-16-3-1-4-18(13-16)23-11-2-9-21(15-23)10-12-24(20(21)26)17-5-7-19(25)8-6-17/h1,3-4,13,17,19,25H,2,5-12,15H2/t17-,19-,21-/m1/s1. The predicted molar refractivity (Wildman–Crippen MR) is 99.6 cm³/mol. The molecular weight excluding hydrogens is 326 g/mol. The van der Waals surface area contributed by atoms with Gasteiger partial charge in [0.05, 0.1) is 23.2 Å². The fraction of sp³-hybridized carbons (Fsp3) is 0.619. The number of rotatable bonds is 2. The smallest absolute Gasteiger partial charge is 0.230 e. The number of carbonyl (C=O) groups is 1. The first-order valence-corrected chi connectivity index (χ1v) is 9.86. The van der Waals surface area contributed by atoms with E-state index in [-0.39, 0.29) is 11.5 Å². The number of amides is 1. The molecule has 1 amide bonds. The van der Waals surface area contributed by atoms with Crippen molar-refractivity contribution in [2.75, 3.05) is 24.5 Å². The van der Waals surface area contributed by atoms with Crippen molar-refractivity contribution in [3.05, 3.63) is 29.8 Å². The van der Waals surface area contributed by atoms with Crippen LogP contribution in [-0.4, -0.2) is 47.7 Å². The Hall–Kier alpha value is -2.06. The van der Waals surface area contributed by atoms with Crippen LogP contribution in [0, 0.1) is 16.7 Å². The molecule has 0 unspecified atom stereocenters. The van der Waals surface area contributed by atoms with Gasteiger partial charge in [-0.3, -0.25) is 4.79 Å². The Kier molecular flexibility index (Phi) is 4.62. The highest BCUT2D eigenvalue weighted by Crippen LogP contribution is 2.43. The second-order valence-corrected chi connectivity index (χ2v) is 8.18. The van der Waals surface area contributed by atoms with Crippen molar-refractivity contribution >= 4 is 11.6 Å². The van der Waals surface area contributed by atoms with Crippen molar-refractivity contribution in [1.82, 2.24) is 4.90 Å². The van der Waals surface area contributed by atoms with E-state index in [0.717, 1.165) is 70.3 Å². The third kappa shape index (κ3) is 3.07. The Balaban J connectivity index is 1.50. The summed E-state index contributed by atoms with van der Waals surface area (Å²) in [6.45, 7) is 2.55. The lowest BCUT2D eigenvalue weighted by Crippen LogP contribution is -2.50. The normalized spacial score (nSPS) is 32.1. The zero-order valence-electron chi connectivity index (χ0n) is 15.2. The summed E-state index contributed by atoms with van der Waals surface area (Å²) >= 11 is 0. The van der Waals surface area contributed by atoms with Gasteiger partial charge in [0.2, 0.25) is 5.91 Å². The van der Waals surface area contributed by atoms with E-state index >= 15 is 0 Å². The first-order valence-electron chi connectivity index (χ1n) is 9.86. The maximum Gasteiger partial charge on any atom is 0.230 e. The van der Waals surface area contributed by atoms with Crippen molar-refractivity contribution in [1.29, 1.82) is 5.26 Å². The van der Waals surface area contributed by atoms with Crippen molar-refractivity contribution in [2.45, 2.75) is 57.1 Å². The monoisotopic (exact) mass is 353 g/mol. The first kappa shape index (κ1) is 17.4. The largest absolute Gasteiger partial charge is 0.393 e. The van der Waals surface area contributed by atoms with Crippen LogP contribution in [0.15, 0.2) is 24.3 Å². The van der Waals surface area contributed by atoms with Crippen LogP contribution in [0.4, 0.5) is 5.69 Å². The Labute approximate surface area is 155 Å². The van der Waals surface area contributed by atoms with Crippen LogP contribution in [-0.2, 0) is 4.79 Å². The van der Waals surface area contributed by atoms with Crippen LogP contribution in [0.1, 0.15) is 50.5 Å². The summed E-state index contributed by atoms with van der Waals surface area (Å²) in [6, 6.07) is 10.2. The fourth-order valence-corrected chi connectivity index (χ4v) is 5.07. The molecule has 2 saturated heterocycles. The zero-order valence-corrected chi connectivity index (χ0v) is 15.2. The quantitative estimate of drug-likeness (QED) is 0.888. The molecule has 1 atom stereocenters. The summed E-state index contributed by atoms with van der Waals surface area (Å²) in [5.41, 5.74) is 1.45. The molecule has 5 heteroatoms. The average Bonchev–Trinajstić information content (AvgIpc) is 2.98. The number of hydrogen-bond acceptors (Lipinski definition) is 4. The molecule has 0 bridgehead atoms. The third-order valence-corrected chi connectivity index (χ3v) is 6.57. The van der Waals surface area contributed by atoms with E-state index in [4.69, 9.17) is 5.26 Å². The Morgan fingerprint density at radius 2 is 1.96 bits per heavy atom. The number of nitrogens with zero attached hydrogens (tertiary/aromatic N) is 3. The first-order chi connectivity index (χ1) is 12.6. The second-order valence-electron chi connectivity index (χ2n) is 8.18. The molecule has 2 heterocycles. The molecule has 1 N–H and O–H groups in total. The van der Waals surface area contributed by atoms with Gasteiger partial charge < -0.3 is 14.9 Å². The Bertz CT molecular complexity index is 720. The van der Waals surface area contributed by atoms with Gasteiger partial charge in [0.15, 0.2) is 0 Å². The lowest BCUT2D eigenvalue weighted by molar-refractivity contribution is -0.139. The highest BCUT2D eigenvalue weighted by Gasteiger charge is 2.50. The van der Waals surface area contributed by atoms with E-state index in [2.05, 4.69) is 15.9 Å². The Morgan fingerprint density at radius 3 is 2.73 bits per heavy atom. The number of aliphatic hydroxyl groups is 1. The van der Waals surface area contributed by atoms with Gasteiger partial charge in [-0.2, -0.15) is 5.26 Å². The minimum atomic E-state index is -0.267. The van der Waals surface area contributed by atoms with Gasteiger partial charge in [0.25, 0.3) is 0 Å². The van der Waals surface area contributed by atoms with Gasteiger partial charge in [0.1, 0.15) is 0 Å². The molecule has 3 aliphatic rings. The molecule has 5 nitrogen and oxygen atoms in total. The van der Waals surface area contributed by atoms with Crippen molar-refractivity contribution in [2.24, 2.45) is 5.41 Å². The lowest BCUT2D eigenvalue weighted by atomic mass is 9.78. The molecule has 26 heavy (non-hydrogen) atoms. The molecule has 1 aromatic carbocycles. The number of nitriles is 1. The van der Waals surface area contributed by atoms with E-state index in [9.17, 15) is 9.90 Å². The topological polar surface area (TPSA) is 67.6 Å². The fourth-order valence-electron chi connectivity index (χ4n) is 5.07. The molecule has 1 aromatic rings. The number of likely N-dealkylation sites (tertiary alicyclic amines) is 1. The van der Waals surface area contributed by atoms with Gasteiger partial charge in [-0.05, 0) is 63.1 Å². The van der Waals surface area contributed by atoms with Gasteiger partial charge in [-0.1, -0.05) is 6.07 Å². The number of carbonyl (C=O) groups excluding carboxylic acids is 1. The van der Waals surface area contributed by atoms with Crippen LogP contribution in [0.5, 0.6) is 0 Å². The van der Waals surface area contributed by atoms with Gasteiger partial charge in [0, 0.05) is 31.4 Å². The van der Waals surface area contributed by atoms with Crippen LogP contribution < -0.4 is 4.90 Å². The molecule has 4 rings (SSSR count). The van der Waals surface area contributed by atoms with Crippen LogP contribution in [0.2, 0.25) is 0 Å². The van der Waals surface area contributed by atoms with Crippen molar-refractivity contribution in [3.8, 4) is 6.07 Å². The summed E-state index contributed by atoms with van der Waals surface area (Å²) in [4.78, 5) is 17.7. The molecule has 1 saturated carbocycles. The number of anilines is 1. The van der Waals surface area contributed by atoms with Crippen LogP contribution >= 0.6 is 0 Å². The summed E-state index contributed by atoms with van der Waals surface area (Å²) in [5, 5.41) is 18.9. The van der Waals surface area contributed by atoms with E-state index in [1.165, 1.54) is 0 Å². The van der Waals surface area contributed by atoms with E-state index < -0.39 is 0 Å². The molecule has 1 aliphatic carbocycles. The molecular formula is C21H27N3O2. The van der Waals surface area contributed by atoms with Gasteiger partial charge in [-0.15, -0.1) is 0 Å². The summed E-state index contributed by atoms with van der Waals surface area (Å²) in [6.07, 6.45) is 6.21. The minimum absolute atomic E-state index is 0.185. The SMILES string of the molecule is N#Cc1cccc(N2CCC[C@@]3(CCN([C@H]4CC[C@H](O)CC4)C3=O)C2)c1. The number of piperidine rings is 1. The number of benzene rings is 1. The minimum Gasteiger partial charge on any atom is -0.393 e. The molecule has 0 aromatic heterocycles. The van der Waals surface area contributed by atoms with E-state index in [1.54, 1.807) is 0 Å². The number of aliphatic hydroxyl groups excluding tert-OH is 1. The maximum atomic E-state index is 13.3. The highest BCUT2D eigenvalue weighted by molar-refractivity contribution is 5.86. The van der Waals surface area contributed by atoms with Crippen LogP contribution in [0.3, 0.4) is 0 Å². The number of hydrogen-bond donors (Lipinski definition) is 1. The van der Waals surface area contributed by atoms with Gasteiger partial charge >= 0.3 is 0 Å². The molecule has 1 spiro atoms. The summed E-state index contributed by atoms with van der Waals surface area (Å²) in [5.74, 6) is 0.319. The van der Waals surface area contributed by atoms with E-state index in [1.807, 2.05) is 24.3 Å². The third-order valence-electron chi connectivity index (χ3n) is 6.57. The predicted octanol–water partition coefficient (Wildman–Crippen LogP) is 2.68. The van der Waals surface area contributed by atoms with Crippen molar-refractivity contribution < 1.29 is 9.90 Å².